The lowest BCUT2D eigenvalue weighted by Crippen LogP contribution is -2.42. The van der Waals surface area contributed by atoms with Crippen molar-refractivity contribution in [2.45, 2.75) is 37.8 Å². The Hall–Kier alpha value is -1.75. The number of ether oxygens (including phenoxy) is 2. The average molecular weight is 292 g/mol. The van der Waals surface area contributed by atoms with Gasteiger partial charge in [0.1, 0.15) is 11.9 Å². The molecule has 0 unspecified atom stereocenters. The third kappa shape index (κ3) is 4.36. The van der Waals surface area contributed by atoms with Crippen LogP contribution in [0.3, 0.4) is 0 Å². The highest BCUT2D eigenvalue weighted by molar-refractivity contribution is 5.74. The number of nitrogens with one attached hydrogen (secondary N) is 2. The highest BCUT2D eigenvalue weighted by Gasteiger charge is 2.19. The maximum atomic E-state index is 11.9. The summed E-state index contributed by atoms with van der Waals surface area (Å²) >= 11 is 0. The van der Waals surface area contributed by atoms with Crippen LogP contribution in [-0.4, -0.2) is 32.8 Å². The Balaban J connectivity index is 1.88. The van der Waals surface area contributed by atoms with Crippen molar-refractivity contribution in [2.24, 2.45) is 0 Å². The van der Waals surface area contributed by atoms with Gasteiger partial charge < -0.3 is 20.1 Å². The summed E-state index contributed by atoms with van der Waals surface area (Å²) in [5.74, 6) is 0.766. The fraction of sp³-hybridized carbons (Fsp3) is 0.562. The number of carbonyl (C=O) groups excluding carboxylic acids is 1. The quantitative estimate of drug-likeness (QED) is 0.847. The van der Waals surface area contributed by atoms with Crippen LogP contribution >= 0.6 is 0 Å². The first kappa shape index (κ1) is 15.6. The molecule has 116 valence electrons. The van der Waals surface area contributed by atoms with Gasteiger partial charge in [-0.2, -0.15) is 0 Å². The fourth-order valence-corrected chi connectivity index (χ4v) is 2.74. The third-order valence-corrected chi connectivity index (χ3v) is 3.91. The van der Waals surface area contributed by atoms with E-state index in [0.29, 0.717) is 12.6 Å². The molecule has 2 amide bonds. The third-order valence-electron chi connectivity index (χ3n) is 3.91. The highest BCUT2D eigenvalue weighted by Crippen LogP contribution is 2.26. The van der Waals surface area contributed by atoms with E-state index < -0.39 is 0 Å². The average Bonchev–Trinajstić information content (AvgIpc) is 3.01. The van der Waals surface area contributed by atoms with E-state index in [0.717, 1.165) is 24.2 Å². The molecule has 0 spiro atoms. The lowest BCUT2D eigenvalue weighted by atomic mass is 10.1. The summed E-state index contributed by atoms with van der Waals surface area (Å²) < 4.78 is 10.8. The van der Waals surface area contributed by atoms with E-state index in [9.17, 15) is 4.79 Å². The van der Waals surface area contributed by atoms with Crippen LogP contribution in [0.4, 0.5) is 4.79 Å². The van der Waals surface area contributed by atoms with Gasteiger partial charge in [0, 0.05) is 25.3 Å². The molecule has 1 atom stereocenters. The molecule has 1 aromatic rings. The number of benzene rings is 1. The van der Waals surface area contributed by atoms with E-state index in [1.165, 1.54) is 12.8 Å². The molecule has 5 nitrogen and oxygen atoms in total. The first-order chi connectivity index (χ1) is 10.2. The van der Waals surface area contributed by atoms with E-state index in [4.69, 9.17) is 9.47 Å². The predicted octanol–water partition coefficient (Wildman–Crippen LogP) is 2.62. The molecule has 1 aromatic carbocycles. The molecule has 1 aliphatic carbocycles. The number of hydrogen-bond acceptors (Lipinski definition) is 3. The van der Waals surface area contributed by atoms with Crippen LogP contribution in [0.25, 0.3) is 0 Å². The summed E-state index contributed by atoms with van der Waals surface area (Å²) in [7, 11) is 3.26. The molecule has 2 rings (SSSR count). The summed E-state index contributed by atoms with van der Waals surface area (Å²) in [5.41, 5.74) is 0.934. The van der Waals surface area contributed by atoms with Crippen LogP contribution in [0.5, 0.6) is 5.75 Å². The van der Waals surface area contributed by atoms with Gasteiger partial charge in [-0.25, -0.2) is 4.79 Å². The van der Waals surface area contributed by atoms with Crippen LogP contribution < -0.4 is 15.4 Å². The minimum Gasteiger partial charge on any atom is -0.496 e. The minimum atomic E-state index is -0.226. The molecular weight excluding hydrogens is 268 g/mol. The van der Waals surface area contributed by atoms with Gasteiger partial charge in [-0.1, -0.05) is 31.0 Å². The molecule has 0 bridgehead atoms. The maximum Gasteiger partial charge on any atom is 0.315 e. The van der Waals surface area contributed by atoms with Crippen molar-refractivity contribution in [3.63, 3.8) is 0 Å². The summed E-state index contributed by atoms with van der Waals surface area (Å²) in [6, 6.07) is 7.87. The summed E-state index contributed by atoms with van der Waals surface area (Å²) in [6.07, 6.45) is 4.33. The number of carbonyl (C=O) groups is 1. The summed E-state index contributed by atoms with van der Waals surface area (Å²) in [6.45, 7) is 0.412. The smallest absolute Gasteiger partial charge is 0.315 e. The molecule has 2 N–H and O–H groups in total. The Bertz CT molecular complexity index is 459. The van der Waals surface area contributed by atoms with E-state index in [1.807, 2.05) is 24.3 Å². The molecule has 1 aliphatic rings. The van der Waals surface area contributed by atoms with Gasteiger partial charge >= 0.3 is 6.03 Å². The number of hydrogen-bond donors (Lipinski definition) is 2. The lowest BCUT2D eigenvalue weighted by Gasteiger charge is -2.20. The van der Waals surface area contributed by atoms with Crippen LogP contribution in [0.2, 0.25) is 0 Å². The first-order valence-corrected chi connectivity index (χ1v) is 7.44. The molecule has 1 fully saturated rings. The van der Waals surface area contributed by atoms with Crippen molar-refractivity contribution in [2.75, 3.05) is 20.8 Å². The molecule has 1 saturated carbocycles. The normalized spacial score (nSPS) is 16.5. The van der Waals surface area contributed by atoms with Crippen molar-refractivity contribution >= 4 is 6.03 Å². The zero-order valence-corrected chi connectivity index (χ0v) is 12.7. The Kier molecular flexibility index (Phi) is 5.87. The molecule has 0 aliphatic heterocycles. The molecular formula is C16H24N2O3. The van der Waals surface area contributed by atoms with Crippen molar-refractivity contribution in [1.82, 2.24) is 10.6 Å². The van der Waals surface area contributed by atoms with Crippen molar-refractivity contribution in [3.05, 3.63) is 29.8 Å². The molecule has 21 heavy (non-hydrogen) atoms. The van der Waals surface area contributed by atoms with E-state index >= 15 is 0 Å². The highest BCUT2D eigenvalue weighted by atomic mass is 16.5. The molecule has 0 heterocycles. The van der Waals surface area contributed by atoms with Crippen LogP contribution in [0.1, 0.15) is 37.4 Å². The number of rotatable bonds is 6. The zero-order chi connectivity index (χ0) is 15.1. The number of methoxy groups -OCH3 is 2. The standard InChI is InChI=1S/C16H24N2O3/c1-20-14-10-6-5-9-13(14)15(21-2)11-17-16(19)18-12-7-3-4-8-12/h5-6,9-10,12,15H,3-4,7-8,11H2,1-2H3,(H2,17,18,19)/t15-/m1/s1. The summed E-state index contributed by atoms with van der Waals surface area (Å²) in [4.78, 5) is 11.9. The Morgan fingerprint density at radius 3 is 2.67 bits per heavy atom. The lowest BCUT2D eigenvalue weighted by molar-refractivity contribution is 0.101. The maximum absolute atomic E-state index is 11.9. The van der Waals surface area contributed by atoms with Crippen LogP contribution in [0.15, 0.2) is 24.3 Å². The van der Waals surface area contributed by atoms with Gasteiger partial charge in [0.05, 0.1) is 7.11 Å². The minimum absolute atomic E-state index is 0.126. The Morgan fingerprint density at radius 2 is 2.00 bits per heavy atom. The first-order valence-electron chi connectivity index (χ1n) is 7.44. The van der Waals surface area contributed by atoms with Gasteiger partial charge in [-0.15, -0.1) is 0 Å². The predicted molar refractivity (Wildman–Crippen MR) is 81.5 cm³/mol. The number of amides is 2. The fourth-order valence-electron chi connectivity index (χ4n) is 2.74. The topological polar surface area (TPSA) is 59.6 Å². The monoisotopic (exact) mass is 292 g/mol. The Labute approximate surface area is 126 Å². The van der Waals surface area contributed by atoms with Crippen molar-refractivity contribution in [3.8, 4) is 5.75 Å². The van der Waals surface area contributed by atoms with Gasteiger partial charge in [-0.3, -0.25) is 0 Å². The molecule has 0 saturated heterocycles. The number of para-hydroxylation sites is 1. The summed E-state index contributed by atoms with van der Waals surface area (Å²) in [5, 5.41) is 5.88. The van der Waals surface area contributed by atoms with Crippen molar-refractivity contribution < 1.29 is 14.3 Å². The van der Waals surface area contributed by atoms with Crippen LogP contribution in [0, 0.1) is 0 Å². The second-order valence-electron chi connectivity index (χ2n) is 5.30. The SMILES string of the molecule is COc1ccccc1[C@@H](CNC(=O)NC1CCCC1)OC. The molecule has 5 heteroatoms. The largest absolute Gasteiger partial charge is 0.496 e. The molecule has 0 aromatic heterocycles. The zero-order valence-electron chi connectivity index (χ0n) is 12.7. The second kappa shape index (κ2) is 7.88. The molecule has 0 radical (unpaired) electrons. The van der Waals surface area contributed by atoms with Crippen LogP contribution in [-0.2, 0) is 4.74 Å². The Morgan fingerprint density at radius 1 is 1.29 bits per heavy atom. The number of urea groups is 1. The van der Waals surface area contributed by atoms with Crippen molar-refractivity contribution in [1.29, 1.82) is 0 Å². The van der Waals surface area contributed by atoms with E-state index in [2.05, 4.69) is 10.6 Å². The van der Waals surface area contributed by atoms with E-state index in [1.54, 1.807) is 14.2 Å². The second-order valence-corrected chi connectivity index (χ2v) is 5.30. The van der Waals surface area contributed by atoms with Gasteiger partial charge in [0.25, 0.3) is 0 Å². The van der Waals surface area contributed by atoms with Gasteiger partial charge in [-0.05, 0) is 18.9 Å². The van der Waals surface area contributed by atoms with E-state index in [-0.39, 0.29) is 12.1 Å². The van der Waals surface area contributed by atoms with Gasteiger partial charge in [0.15, 0.2) is 0 Å². The van der Waals surface area contributed by atoms with Gasteiger partial charge in [0.2, 0.25) is 0 Å².